The number of nitrogens with two attached hydrogens (primary N) is 2. The number of hydrogen-bond donors (Lipinski definition) is 4. The van der Waals surface area contributed by atoms with Crippen LogP contribution in [0.1, 0.15) is 23.7 Å². The molecule has 6 heteroatoms. The van der Waals surface area contributed by atoms with Gasteiger partial charge in [0.2, 0.25) is 5.91 Å². The molecule has 6 nitrogen and oxygen atoms in total. The molecule has 1 atom stereocenters. The van der Waals surface area contributed by atoms with E-state index in [4.69, 9.17) is 11.5 Å². The van der Waals surface area contributed by atoms with Crippen LogP contribution in [0.2, 0.25) is 0 Å². The molecule has 19 heavy (non-hydrogen) atoms. The molecule has 0 saturated carbocycles. The summed E-state index contributed by atoms with van der Waals surface area (Å²) < 4.78 is 0. The fraction of sp³-hybridized carbons (Fsp3) is 0.231. The van der Waals surface area contributed by atoms with E-state index >= 15 is 0 Å². The molecular weight excluding hydrogens is 244 g/mol. The van der Waals surface area contributed by atoms with Crippen molar-refractivity contribution in [2.75, 3.05) is 5.73 Å². The van der Waals surface area contributed by atoms with E-state index in [0.717, 1.165) is 10.9 Å². The van der Waals surface area contributed by atoms with Crippen LogP contribution in [0.15, 0.2) is 24.4 Å². The zero-order valence-electron chi connectivity index (χ0n) is 10.6. The number of primary amides is 1. The van der Waals surface area contributed by atoms with Crippen molar-refractivity contribution in [2.45, 2.75) is 19.4 Å². The summed E-state index contributed by atoms with van der Waals surface area (Å²) in [5.41, 5.74) is 12.7. The molecule has 0 spiro atoms. The maximum absolute atomic E-state index is 12.1. The largest absolute Gasteiger partial charge is 0.399 e. The standard InChI is InChI=1S/C13H16N4O2/c1-7(4-12(15)18)17-13(19)10-6-16-11-5-8(14)2-3-9(10)11/h2-3,5-7,16H,4,14H2,1H3,(H2,15,18)(H,17,19). The van der Waals surface area contributed by atoms with Crippen LogP contribution in [0, 0.1) is 0 Å². The first-order valence-electron chi connectivity index (χ1n) is 5.93. The van der Waals surface area contributed by atoms with Gasteiger partial charge >= 0.3 is 0 Å². The highest BCUT2D eigenvalue weighted by molar-refractivity contribution is 6.07. The third-order valence-electron chi connectivity index (χ3n) is 2.84. The molecular formula is C13H16N4O2. The van der Waals surface area contributed by atoms with Crippen molar-refractivity contribution in [1.29, 1.82) is 0 Å². The summed E-state index contributed by atoms with van der Waals surface area (Å²) in [5.74, 6) is -0.690. The molecule has 0 aliphatic heterocycles. The number of rotatable bonds is 4. The summed E-state index contributed by atoms with van der Waals surface area (Å²) in [7, 11) is 0. The van der Waals surface area contributed by atoms with Crippen LogP contribution in [0.3, 0.4) is 0 Å². The molecule has 6 N–H and O–H groups in total. The minimum absolute atomic E-state index is 0.112. The van der Waals surface area contributed by atoms with Gasteiger partial charge in [0.1, 0.15) is 0 Å². The number of amides is 2. The van der Waals surface area contributed by atoms with Crippen LogP contribution in [0.25, 0.3) is 10.9 Å². The number of aromatic nitrogens is 1. The average molecular weight is 260 g/mol. The van der Waals surface area contributed by atoms with Gasteiger partial charge in [-0.2, -0.15) is 0 Å². The highest BCUT2D eigenvalue weighted by Crippen LogP contribution is 2.20. The first-order chi connectivity index (χ1) is 8.97. The number of hydrogen-bond acceptors (Lipinski definition) is 3. The second-order valence-corrected chi connectivity index (χ2v) is 4.55. The van der Waals surface area contributed by atoms with E-state index in [9.17, 15) is 9.59 Å². The zero-order chi connectivity index (χ0) is 14.0. The Morgan fingerprint density at radius 3 is 2.84 bits per heavy atom. The molecule has 1 aromatic carbocycles. The van der Waals surface area contributed by atoms with E-state index in [-0.39, 0.29) is 18.4 Å². The topological polar surface area (TPSA) is 114 Å². The van der Waals surface area contributed by atoms with Gasteiger partial charge in [0.05, 0.1) is 5.56 Å². The van der Waals surface area contributed by atoms with Crippen LogP contribution in [-0.4, -0.2) is 22.8 Å². The smallest absolute Gasteiger partial charge is 0.253 e. The maximum Gasteiger partial charge on any atom is 0.253 e. The highest BCUT2D eigenvalue weighted by Gasteiger charge is 2.15. The fourth-order valence-electron chi connectivity index (χ4n) is 1.99. The number of fused-ring (bicyclic) bond motifs is 1. The molecule has 1 aromatic heterocycles. The summed E-state index contributed by atoms with van der Waals surface area (Å²) in [5, 5.41) is 3.52. The Labute approximate surface area is 110 Å². The molecule has 0 radical (unpaired) electrons. The first kappa shape index (κ1) is 12.9. The molecule has 2 amide bonds. The summed E-state index contributed by atoms with van der Waals surface area (Å²) in [6.45, 7) is 1.73. The minimum Gasteiger partial charge on any atom is -0.399 e. The quantitative estimate of drug-likeness (QED) is 0.608. The normalized spacial score (nSPS) is 12.3. The van der Waals surface area contributed by atoms with E-state index < -0.39 is 5.91 Å². The maximum atomic E-state index is 12.1. The van der Waals surface area contributed by atoms with Crippen LogP contribution in [-0.2, 0) is 4.79 Å². The van der Waals surface area contributed by atoms with Crippen molar-refractivity contribution >= 4 is 28.4 Å². The molecule has 2 rings (SSSR count). The van der Waals surface area contributed by atoms with Gasteiger partial charge in [0.25, 0.3) is 5.91 Å². The van der Waals surface area contributed by atoms with E-state index in [1.165, 1.54) is 0 Å². The predicted molar refractivity (Wildman–Crippen MR) is 73.5 cm³/mol. The number of carbonyl (C=O) groups excluding carboxylic acids is 2. The van der Waals surface area contributed by atoms with Crippen molar-refractivity contribution in [3.05, 3.63) is 30.0 Å². The van der Waals surface area contributed by atoms with Crippen molar-refractivity contribution in [3.8, 4) is 0 Å². The van der Waals surface area contributed by atoms with E-state index in [2.05, 4.69) is 10.3 Å². The molecule has 0 fully saturated rings. The Morgan fingerprint density at radius 2 is 2.16 bits per heavy atom. The molecule has 0 saturated heterocycles. The second-order valence-electron chi connectivity index (χ2n) is 4.55. The zero-order valence-corrected chi connectivity index (χ0v) is 10.6. The van der Waals surface area contributed by atoms with Gasteiger partial charge in [-0.05, 0) is 25.1 Å². The molecule has 1 heterocycles. The minimum atomic E-state index is -0.445. The third-order valence-corrected chi connectivity index (χ3v) is 2.84. The highest BCUT2D eigenvalue weighted by atomic mass is 16.2. The second kappa shape index (κ2) is 5.01. The summed E-state index contributed by atoms with van der Waals surface area (Å²) >= 11 is 0. The van der Waals surface area contributed by atoms with Crippen molar-refractivity contribution in [1.82, 2.24) is 10.3 Å². The summed E-state index contributed by atoms with van der Waals surface area (Å²) in [6.07, 6.45) is 1.73. The van der Waals surface area contributed by atoms with Gasteiger partial charge in [-0.3, -0.25) is 9.59 Å². The lowest BCUT2D eigenvalue weighted by molar-refractivity contribution is -0.118. The van der Waals surface area contributed by atoms with E-state index in [0.29, 0.717) is 11.3 Å². The van der Waals surface area contributed by atoms with Gasteiger partial charge in [-0.1, -0.05) is 0 Å². The molecule has 2 aromatic rings. The van der Waals surface area contributed by atoms with E-state index in [1.54, 1.807) is 31.3 Å². The van der Waals surface area contributed by atoms with Gasteiger partial charge in [-0.15, -0.1) is 0 Å². The number of H-pyrrole nitrogens is 1. The Morgan fingerprint density at radius 1 is 1.42 bits per heavy atom. The first-order valence-corrected chi connectivity index (χ1v) is 5.93. The molecule has 1 unspecified atom stereocenters. The molecule has 0 bridgehead atoms. The molecule has 0 aliphatic carbocycles. The number of nitrogens with one attached hydrogen (secondary N) is 2. The Kier molecular flexibility index (Phi) is 3.41. The van der Waals surface area contributed by atoms with Gasteiger partial charge in [-0.25, -0.2) is 0 Å². The molecule has 0 aliphatic rings. The number of carbonyl (C=O) groups is 2. The number of aromatic amines is 1. The summed E-state index contributed by atoms with van der Waals surface area (Å²) in [4.78, 5) is 25.9. The predicted octanol–water partition coefficient (Wildman–Crippen LogP) is 0.744. The van der Waals surface area contributed by atoms with Gasteiger partial charge in [0.15, 0.2) is 0 Å². The lowest BCUT2D eigenvalue weighted by Gasteiger charge is -2.11. The average Bonchev–Trinajstić information content (AvgIpc) is 2.70. The van der Waals surface area contributed by atoms with Crippen molar-refractivity contribution in [3.63, 3.8) is 0 Å². The lowest BCUT2D eigenvalue weighted by Crippen LogP contribution is -2.35. The van der Waals surface area contributed by atoms with Crippen LogP contribution in [0.5, 0.6) is 0 Å². The van der Waals surface area contributed by atoms with Gasteiger partial charge < -0.3 is 21.8 Å². The van der Waals surface area contributed by atoms with Crippen LogP contribution < -0.4 is 16.8 Å². The van der Waals surface area contributed by atoms with Crippen LogP contribution in [0.4, 0.5) is 5.69 Å². The van der Waals surface area contributed by atoms with Gasteiger partial charge in [0, 0.05) is 35.2 Å². The number of anilines is 1. The SMILES string of the molecule is CC(CC(N)=O)NC(=O)c1c[nH]c2cc(N)ccc12. The Hall–Kier alpha value is -2.50. The van der Waals surface area contributed by atoms with Crippen LogP contribution >= 0.6 is 0 Å². The van der Waals surface area contributed by atoms with Crippen molar-refractivity contribution in [2.24, 2.45) is 5.73 Å². The fourth-order valence-corrected chi connectivity index (χ4v) is 1.99. The lowest BCUT2D eigenvalue weighted by atomic mass is 10.1. The number of benzene rings is 1. The number of nitrogen functional groups attached to an aromatic ring is 1. The van der Waals surface area contributed by atoms with Crippen molar-refractivity contribution < 1.29 is 9.59 Å². The van der Waals surface area contributed by atoms with E-state index in [1.807, 2.05) is 0 Å². The summed E-state index contributed by atoms with van der Waals surface area (Å²) in [6, 6.07) is 4.98. The monoisotopic (exact) mass is 260 g/mol. The third kappa shape index (κ3) is 2.85. The Bertz CT molecular complexity index is 633. The Balaban J connectivity index is 2.20. The molecule has 100 valence electrons.